The summed E-state index contributed by atoms with van der Waals surface area (Å²) in [6.45, 7) is 0.391. The number of aliphatic imine (C=N–C) groups is 1. The van der Waals surface area contributed by atoms with E-state index >= 15 is 0 Å². The number of hydrogen-bond donors (Lipinski definition) is 2. The maximum absolute atomic E-state index is 9.87. The molecule has 0 amide bonds. The summed E-state index contributed by atoms with van der Waals surface area (Å²) in [4.78, 5) is 8.38. The van der Waals surface area contributed by atoms with E-state index in [0.717, 1.165) is 11.5 Å². The van der Waals surface area contributed by atoms with Crippen LogP contribution in [0.4, 0.5) is 5.82 Å². The molecule has 0 unspecified atom stereocenters. The van der Waals surface area contributed by atoms with Gasteiger partial charge in [0.2, 0.25) is 0 Å². The average Bonchev–Trinajstić information content (AvgIpc) is 2.89. The smallest absolute Gasteiger partial charge is 0.137 e. The fraction of sp³-hybridized carbons (Fsp3) is 0.636. The number of fused-ring (bicyclic) bond motifs is 1. The highest BCUT2D eigenvalue weighted by Gasteiger charge is 2.25. The molecule has 0 radical (unpaired) electrons. The summed E-state index contributed by atoms with van der Waals surface area (Å²) < 4.78 is 2.16. The Balaban J connectivity index is 1.98. The van der Waals surface area contributed by atoms with Gasteiger partial charge in [0.25, 0.3) is 0 Å². The SMILES string of the molecule is O[C@@H]1CN=CNc2c1ncn2C1CCCC1. The molecule has 2 N–H and O–H groups in total. The van der Waals surface area contributed by atoms with E-state index < -0.39 is 6.10 Å². The summed E-state index contributed by atoms with van der Waals surface area (Å²) in [6, 6.07) is 0.530. The van der Waals surface area contributed by atoms with Gasteiger partial charge in [-0.15, -0.1) is 0 Å². The summed E-state index contributed by atoms with van der Waals surface area (Å²) in [5.74, 6) is 0.917. The normalized spacial score (nSPS) is 25.2. The highest BCUT2D eigenvalue weighted by molar-refractivity contribution is 5.76. The van der Waals surface area contributed by atoms with Crippen molar-refractivity contribution < 1.29 is 5.11 Å². The number of aliphatic hydroxyl groups is 1. The minimum atomic E-state index is -0.580. The van der Waals surface area contributed by atoms with Crippen molar-refractivity contribution in [2.45, 2.75) is 37.8 Å². The molecule has 0 bridgehead atoms. The van der Waals surface area contributed by atoms with Crippen molar-refractivity contribution >= 4 is 12.2 Å². The third-order valence-corrected chi connectivity index (χ3v) is 3.43. The topological polar surface area (TPSA) is 62.4 Å². The Kier molecular flexibility index (Phi) is 2.40. The Bertz CT molecular complexity index is 406. The zero-order chi connectivity index (χ0) is 11.0. The van der Waals surface area contributed by atoms with Crippen LogP contribution < -0.4 is 5.32 Å². The van der Waals surface area contributed by atoms with Gasteiger partial charge in [-0.3, -0.25) is 4.99 Å². The van der Waals surface area contributed by atoms with E-state index in [4.69, 9.17) is 0 Å². The summed E-state index contributed by atoms with van der Waals surface area (Å²) in [5.41, 5.74) is 0.726. The van der Waals surface area contributed by atoms with Crippen LogP contribution >= 0.6 is 0 Å². The van der Waals surface area contributed by atoms with Gasteiger partial charge < -0.3 is 15.0 Å². The van der Waals surface area contributed by atoms with Gasteiger partial charge in [-0.05, 0) is 12.8 Å². The van der Waals surface area contributed by atoms with E-state index in [-0.39, 0.29) is 0 Å². The number of imidazole rings is 1. The largest absolute Gasteiger partial charge is 0.385 e. The molecule has 16 heavy (non-hydrogen) atoms. The van der Waals surface area contributed by atoms with Gasteiger partial charge in [0.15, 0.2) is 0 Å². The first-order chi connectivity index (χ1) is 7.86. The zero-order valence-corrected chi connectivity index (χ0v) is 9.13. The summed E-state index contributed by atoms with van der Waals surface area (Å²) in [7, 11) is 0. The van der Waals surface area contributed by atoms with Crippen LogP contribution in [0, 0.1) is 0 Å². The molecule has 1 aromatic rings. The lowest BCUT2D eigenvalue weighted by atomic mass is 10.2. The molecule has 2 heterocycles. The Labute approximate surface area is 94.2 Å². The minimum absolute atomic E-state index is 0.391. The quantitative estimate of drug-likeness (QED) is 0.753. The van der Waals surface area contributed by atoms with Gasteiger partial charge in [0.1, 0.15) is 17.6 Å². The second-order valence-electron chi connectivity index (χ2n) is 4.48. The predicted molar refractivity (Wildman–Crippen MR) is 61.7 cm³/mol. The molecule has 1 saturated carbocycles. The number of aliphatic hydroxyl groups excluding tert-OH is 1. The molecule has 1 aliphatic heterocycles. The number of aromatic nitrogens is 2. The van der Waals surface area contributed by atoms with Crippen LogP contribution in [0.25, 0.3) is 0 Å². The van der Waals surface area contributed by atoms with E-state index in [1.165, 1.54) is 25.7 Å². The van der Waals surface area contributed by atoms with E-state index in [0.29, 0.717) is 12.6 Å². The van der Waals surface area contributed by atoms with E-state index in [2.05, 4.69) is 19.9 Å². The average molecular weight is 220 g/mol. The Hall–Kier alpha value is -1.36. The highest BCUT2D eigenvalue weighted by atomic mass is 16.3. The van der Waals surface area contributed by atoms with E-state index in [1.807, 2.05) is 6.33 Å². The van der Waals surface area contributed by atoms with Gasteiger partial charge >= 0.3 is 0 Å². The van der Waals surface area contributed by atoms with Crippen molar-refractivity contribution in [2.75, 3.05) is 11.9 Å². The van der Waals surface area contributed by atoms with Gasteiger partial charge in [-0.25, -0.2) is 4.98 Å². The molecule has 5 heteroatoms. The van der Waals surface area contributed by atoms with Crippen LogP contribution in [-0.4, -0.2) is 27.5 Å². The number of nitrogens with zero attached hydrogens (tertiary/aromatic N) is 3. The molecule has 86 valence electrons. The Morgan fingerprint density at radius 3 is 3.00 bits per heavy atom. The number of hydrogen-bond acceptors (Lipinski definition) is 4. The molecule has 0 spiro atoms. The highest BCUT2D eigenvalue weighted by Crippen LogP contribution is 2.34. The van der Waals surface area contributed by atoms with Crippen molar-refractivity contribution in [3.8, 4) is 0 Å². The first kappa shape index (κ1) is 9.84. The van der Waals surface area contributed by atoms with Crippen molar-refractivity contribution in [1.29, 1.82) is 0 Å². The van der Waals surface area contributed by atoms with Crippen LogP contribution in [-0.2, 0) is 0 Å². The van der Waals surface area contributed by atoms with Gasteiger partial charge in [0.05, 0.1) is 19.2 Å². The second kappa shape index (κ2) is 3.90. The number of anilines is 1. The van der Waals surface area contributed by atoms with Crippen molar-refractivity contribution in [1.82, 2.24) is 9.55 Å². The lowest BCUT2D eigenvalue weighted by Crippen LogP contribution is -2.09. The lowest BCUT2D eigenvalue weighted by molar-refractivity contribution is 0.184. The standard InChI is InChI=1S/C11H16N4O/c16-9-5-12-6-13-11-10(9)14-7-15(11)8-3-1-2-4-8/h6-9,16H,1-5H2,(H,12,13)/t9-/m1/s1. The van der Waals surface area contributed by atoms with Crippen LogP contribution in [0.5, 0.6) is 0 Å². The van der Waals surface area contributed by atoms with Crippen LogP contribution in [0.1, 0.15) is 43.5 Å². The molecule has 3 rings (SSSR count). The number of rotatable bonds is 1. The molecule has 5 nitrogen and oxygen atoms in total. The van der Waals surface area contributed by atoms with Crippen LogP contribution in [0.3, 0.4) is 0 Å². The van der Waals surface area contributed by atoms with E-state index in [9.17, 15) is 5.11 Å². The maximum Gasteiger partial charge on any atom is 0.137 e. The Morgan fingerprint density at radius 2 is 2.19 bits per heavy atom. The van der Waals surface area contributed by atoms with Gasteiger partial charge in [-0.2, -0.15) is 0 Å². The Morgan fingerprint density at radius 1 is 1.38 bits per heavy atom. The number of nitrogens with one attached hydrogen (secondary N) is 1. The minimum Gasteiger partial charge on any atom is -0.385 e. The molecular weight excluding hydrogens is 204 g/mol. The monoisotopic (exact) mass is 220 g/mol. The molecular formula is C11H16N4O. The van der Waals surface area contributed by atoms with Gasteiger partial charge in [0, 0.05) is 6.04 Å². The summed E-state index contributed by atoms with van der Waals surface area (Å²) in [6.07, 6.45) is 7.90. The van der Waals surface area contributed by atoms with Crippen molar-refractivity contribution in [3.63, 3.8) is 0 Å². The van der Waals surface area contributed by atoms with Gasteiger partial charge in [-0.1, -0.05) is 12.8 Å². The molecule has 1 fully saturated rings. The second-order valence-corrected chi connectivity index (χ2v) is 4.48. The fourth-order valence-electron chi connectivity index (χ4n) is 2.57. The predicted octanol–water partition coefficient (Wildman–Crippen LogP) is 1.49. The molecule has 0 saturated heterocycles. The van der Waals surface area contributed by atoms with Crippen molar-refractivity contribution in [2.24, 2.45) is 4.99 Å². The summed E-state index contributed by atoms with van der Waals surface area (Å²) >= 11 is 0. The molecule has 1 aliphatic carbocycles. The summed E-state index contributed by atoms with van der Waals surface area (Å²) in [5, 5.41) is 13.0. The molecule has 1 aromatic heterocycles. The van der Waals surface area contributed by atoms with Crippen molar-refractivity contribution in [3.05, 3.63) is 12.0 Å². The van der Waals surface area contributed by atoms with Crippen LogP contribution in [0.2, 0.25) is 0 Å². The third kappa shape index (κ3) is 1.51. The van der Waals surface area contributed by atoms with Crippen LogP contribution in [0.15, 0.2) is 11.3 Å². The lowest BCUT2D eigenvalue weighted by Gasteiger charge is -2.15. The first-order valence-electron chi connectivity index (χ1n) is 5.86. The molecule has 2 aliphatic rings. The first-order valence-corrected chi connectivity index (χ1v) is 5.86. The fourth-order valence-corrected chi connectivity index (χ4v) is 2.57. The molecule has 0 aromatic carbocycles. The van der Waals surface area contributed by atoms with E-state index in [1.54, 1.807) is 6.34 Å². The maximum atomic E-state index is 9.87. The molecule has 1 atom stereocenters. The third-order valence-electron chi connectivity index (χ3n) is 3.43. The zero-order valence-electron chi connectivity index (χ0n) is 9.13.